The van der Waals surface area contributed by atoms with Crippen LogP contribution in [0.15, 0.2) is 36.4 Å². The normalized spacial score (nSPS) is 20.8. The average Bonchev–Trinajstić information content (AvgIpc) is 3.58. The fourth-order valence-corrected chi connectivity index (χ4v) is 5.89. The molecule has 0 radical (unpaired) electrons. The minimum Gasteiger partial charge on any atom is -0.493 e. The fraction of sp³-hybridized carbons (Fsp3) is 0.500. The van der Waals surface area contributed by atoms with Crippen molar-refractivity contribution in [3.63, 3.8) is 0 Å². The molecule has 0 N–H and O–H groups in total. The second-order valence-electron chi connectivity index (χ2n) is 10.5. The number of methoxy groups -OCH3 is 2. The van der Waals surface area contributed by atoms with Crippen molar-refractivity contribution in [2.75, 3.05) is 59.0 Å². The van der Waals surface area contributed by atoms with Gasteiger partial charge in [-0.1, -0.05) is 12.1 Å². The van der Waals surface area contributed by atoms with Gasteiger partial charge in [-0.25, -0.2) is 0 Å². The Labute approximate surface area is 229 Å². The van der Waals surface area contributed by atoms with Gasteiger partial charge < -0.3 is 24.0 Å². The number of likely N-dealkylation sites (N-methyl/N-ethyl adjacent to an activating group) is 1. The predicted molar refractivity (Wildman–Crippen MR) is 147 cm³/mol. The van der Waals surface area contributed by atoms with Gasteiger partial charge in [0.05, 0.1) is 49.6 Å². The van der Waals surface area contributed by atoms with Crippen LogP contribution in [0.1, 0.15) is 52.0 Å². The van der Waals surface area contributed by atoms with Crippen LogP contribution in [-0.2, 0) is 16.0 Å². The van der Waals surface area contributed by atoms with E-state index in [9.17, 15) is 14.4 Å². The van der Waals surface area contributed by atoms with Crippen LogP contribution in [0.2, 0.25) is 0 Å². The summed E-state index contributed by atoms with van der Waals surface area (Å²) in [5.41, 5.74) is 2.70. The van der Waals surface area contributed by atoms with E-state index in [0.29, 0.717) is 48.7 Å². The zero-order chi connectivity index (χ0) is 27.5. The summed E-state index contributed by atoms with van der Waals surface area (Å²) in [5.74, 6) is 0.740. The molecule has 3 heterocycles. The summed E-state index contributed by atoms with van der Waals surface area (Å²) in [6.07, 6.45) is 4.04. The van der Waals surface area contributed by atoms with Crippen molar-refractivity contribution in [2.45, 2.75) is 38.2 Å². The lowest BCUT2D eigenvalue weighted by atomic mass is 9.94. The van der Waals surface area contributed by atoms with Crippen molar-refractivity contribution in [1.29, 1.82) is 0 Å². The summed E-state index contributed by atoms with van der Waals surface area (Å²) in [6, 6.07) is 11.3. The number of hydrogen-bond donors (Lipinski definition) is 0. The number of rotatable bonds is 9. The highest BCUT2D eigenvalue weighted by molar-refractivity contribution is 6.23. The van der Waals surface area contributed by atoms with E-state index >= 15 is 0 Å². The number of fused-ring (bicyclic) bond motifs is 1. The molecule has 39 heavy (non-hydrogen) atoms. The highest BCUT2D eigenvalue weighted by Gasteiger charge is 2.41. The molecule has 2 aromatic rings. The van der Waals surface area contributed by atoms with Crippen LogP contribution in [0.4, 0.5) is 5.69 Å². The number of amides is 3. The number of anilines is 1. The van der Waals surface area contributed by atoms with E-state index in [1.54, 1.807) is 25.2 Å². The van der Waals surface area contributed by atoms with Gasteiger partial charge in [-0.3, -0.25) is 19.3 Å². The van der Waals surface area contributed by atoms with Gasteiger partial charge in [0.25, 0.3) is 11.8 Å². The third-order valence-corrected chi connectivity index (χ3v) is 8.06. The number of piperidine rings is 1. The van der Waals surface area contributed by atoms with E-state index in [0.717, 1.165) is 43.5 Å². The molecule has 5 rings (SSSR count). The number of carbonyl (C=O) groups excluding carboxylic acids is 3. The van der Waals surface area contributed by atoms with E-state index in [-0.39, 0.29) is 36.3 Å². The van der Waals surface area contributed by atoms with E-state index in [1.165, 1.54) is 4.90 Å². The molecule has 9 heteroatoms. The number of carbonyl (C=O) groups is 3. The lowest BCUT2D eigenvalue weighted by Gasteiger charge is -2.36. The lowest BCUT2D eigenvalue weighted by Crippen LogP contribution is -2.44. The lowest BCUT2D eigenvalue weighted by molar-refractivity contribution is -0.134. The minimum atomic E-state index is -0.262. The zero-order valence-corrected chi connectivity index (χ0v) is 23.0. The van der Waals surface area contributed by atoms with Gasteiger partial charge in [-0.15, -0.1) is 0 Å². The molecular weight excluding hydrogens is 498 g/mol. The van der Waals surface area contributed by atoms with Gasteiger partial charge in [0.2, 0.25) is 5.91 Å². The van der Waals surface area contributed by atoms with Crippen LogP contribution >= 0.6 is 0 Å². The molecule has 9 nitrogen and oxygen atoms in total. The van der Waals surface area contributed by atoms with E-state index in [4.69, 9.17) is 14.2 Å². The number of benzene rings is 2. The molecule has 0 unspecified atom stereocenters. The minimum absolute atomic E-state index is 0.0927. The van der Waals surface area contributed by atoms with E-state index in [2.05, 4.69) is 4.90 Å². The average molecular weight is 536 g/mol. The molecule has 3 aliphatic rings. The number of hydrogen-bond acceptors (Lipinski definition) is 7. The number of imide groups is 1. The van der Waals surface area contributed by atoms with Crippen molar-refractivity contribution >= 4 is 23.4 Å². The Balaban J connectivity index is 1.25. The third kappa shape index (κ3) is 5.45. The quantitative estimate of drug-likeness (QED) is 0.455. The van der Waals surface area contributed by atoms with Crippen LogP contribution < -0.4 is 14.4 Å². The molecule has 0 aromatic heterocycles. The molecule has 2 aromatic carbocycles. The van der Waals surface area contributed by atoms with Gasteiger partial charge in [-0.2, -0.15) is 0 Å². The van der Waals surface area contributed by atoms with Gasteiger partial charge in [0.1, 0.15) is 0 Å². The zero-order valence-electron chi connectivity index (χ0n) is 23.0. The van der Waals surface area contributed by atoms with Crippen molar-refractivity contribution in [3.05, 3.63) is 53.1 Å². The van der Waals surface area contributed by atoms with Crippen LogP contribution in [0.3, 0.4) is 0 Å². The van der Waals surface area contributed by atoms with Crippen molar-refractivity contribution in [3.8, 4) is 11.5 Å². The Morgan fingerprint density at radius 1 is 1.05 bits per heavy atom. The molecule has 2 atom stereocenters. The molecule has 3 amide bonds. The molecule has 3 aliphatic heterocycles. The SMILES string of the molecule is COc1ccc(CCN(C)C(=O)[C@@H]2CCCN(c3cccc4c3C(=O)N(C[C@@H]3CCCO3)C4=O)C2)cc1OC. The fourth-order valence-electron chi connectivity index (χ4n) is 5.89. The highest BCUT2D eigenvalue weighted by Crippen LogP contribution is 2.35. The maximum absolute atomic E-state index is 13.4. The maximum Gasteiger partial charge on any atom is 0.263 e. The molecule has 0 bridgehead atoms. The largest absolute Gasteiger partial charge is 0.493 e. The summed E-state index contributed by atoms with van der Waals surface area (Å²) in [6.45, 7) is 2.80. The second kappa shape index (κ2) is 11.7. The van der Waals surface area contributed by atoms with Crippen molar-refractivity contribution < 1.29 is 28.6 Å². The highest BCUT2D eigenvalue weighted by atomic mass is 16.5. The van der Waals surface area contributed by atoms with Crippen LogP contribution in [-0.4, -0.2) is 87.7 Å². The van der Waals surface area contributed by atoms with Crippen LogP contribution in [0, 0.1) is 5.92 Å². The topological polar surface area (TPSA) is 88.6 Å². The standard InChI is InChI=1S/C30H37N3O6/c1-31(15-13-20-11-12-25(37-2)26(17-20)38-3)28(34)21-7-5-14-32(18-21)24-10-4-9-23-27(24)30(36)33(29(23)35)19-22-8-6-16-39-22/h4,9-12,17,21-22H,5-8,13-16,18-19H2,1-3H3/t21-,22+/m1/s1. The van der Waals surface area contributed by atoms with Gasteiger partial charge in [0, 0.05) is 33.3 Å². The Bertz CT molecular complexity index is 1240. The van der Waals surface area contributed by atoms with E-state index in [1.807, 2.05) is 37.4 Å². The van der Waals surface area contributed by atoms with Gasteiger partial charge >= 0.3 is 0 Å². The van der Waals surface area contributed by atoms with Gasteiger partial charge in [-0.05, 0) is 61.9 Å². The Hall–Kier alpha value is -3.59. The third-order valence-electron chi connectivity index (χ3n) is 8.06. The first-order valence-corrected chi connectivity index (χ1v) is 13.7. The molecule has 208 valence electrons. The molecule has 2 fully saturated rings. The van der Waals surface area contributed by atoms with Crippen LogP contribution in [0.5, 0.6) is 11.5 Å². The summed E-state index contributed by atoms with van der Waals surface area (Å²) in [5, 5.41) is 0. The monoisotopic (exact) mass is 535 g/mol. The van der Waals surface area contributed by atoms with E-state index < -0.39 is 0 Å². The number of ether oxygens (including phenoxy) is 3. The molecular formula is C30H37N3O6. The molecule has 0 saturated carbocycles. The second-order valence-corrected chi connectivity index (χ2v) is 10.5. The first kappa shape index (κ1) is 27.0. The molecule has 2 saturated heterocycles. The smallest absolute Gasteiger partial charge is 0.263 e. The van der Waals surface area contributed by atoms with Crippen LogP contribution in [0.25, 0.3) is 0 Å². The summed E-state index contributed by atoms with van der Waals surface area (Å²) >= 11 is 0. The number of nitrogens with zero attached hydrogens (tertiary/aromatic N) is 3. The predicted octanol–water partition coefficient (Wildman–Crippen LogP) is 3.40. The van der Waals surface area contributed by atoms with Crippen molar-refractivity contribution in [2.24, 2.45) is 5.92 Å². The first-order chi connectivity index (χ1) is 18.9. The Morgan fingerprint density at radius 2 is 1.87 bits per heavy atom. The summed E-state index contributed by atoms with van der Waals surface area (Å²) in [4.78, 5) is 45.2. The van der Waals surface area contributed by atoms with Gasteiger partial charge in [0.15, 0.2) is 11.5 Å². The summed E-state index contributed by atoms with van der Waals surface area (Å²) < 4.78 is 16.4. The first-order valence-electron chi connectivity index (χ1n) is 13.7. The Kier molecular flexibility index (Phi) is 8.07. The summed E-state index contributed by atoms with van der Waals surface area (Å²) in [7, 11) is 5.06. The molecule has 0 spiro atoms. The Morgan fingerprint density at radius 3 is 2.62 bits per heavy atom. The van der Waals surface area contributed by atoms with Crippen molar-refractivity contribution in [1.82, 2.24) is 9.80 Å². The molecule has 0 aliphatic carbocycles. The maximum atomic E-state index is 13.4.